The Labute approximate surface area is 99.5 Å². The molecule has 16 heavy (non-hydrogen) atoms. The normalized spacial score (nSPS) is 9.31. The van der Waals surface area contributed by atoms with Gasteiger partial charge in [-0.05, 0) is 34.1 Å². The summed E-state index contributed by atoms with van der Waals surface area (Å²) in [6.07, 6.45) is 0. The van der Waals surface area contributed by atoms with Crippen LogP contribution in [0.5, 0.6) is 5.75 Å². The monoisotopic (exact) mass is 286 g/mol. The topological polar surface area (TPSA) is 69.7 Å². The Bertz CT molecular complexity index is 416. The fraction of sp³-hybridized carbons (Fsp3) is 0.100. The van der Waals surface area contributed by atoms with E-state index in [1.54, 1.807) is 0 Å². The van der Waals surface area contributed by atoms with Crippen LogP contribution in [0.15, 0.2) is 18.2 Å². The van der Waals surface area contributed by atoms with Gasteiger partial charge in [0.1, 0.15) is 12.4 Å². The van der Waals surface area contributed by atoms with E-state index in [1.807, 2.05) is 0 Å². The fourth-order valence-corrected chi connectivity index (χ4v) is 1.35. The second kappa shape index (κ2) is 6.02. The molecule has 0 radical (unpaired) electrons. The Morgan fingerprint density at radius 3 is 2.62 bits per heavy atom. The highest BCUT2D eigenvalue weighted by molar-refractivity contribution is 9.18. The molecule has 1 aromatic carbocycles. The standard InChI is InChI=1S/C10H7BrO5/c11-10(14)7-1-2-9(16-6-13)8(3-7)4-15-5-12/h1-3,5-6H,4H2. The first-order valence-electron chi connectivity index (χ1n) is 4.17. The first kappa shape index (κ1) is 12.4. The predicted octanol–water partition coefficient (Wildman–Crippen LogP) is 1.43. The highest BCUT2D eigenvalue weighted by Crippen LogP contribution is 2.21. The zero-order valence-corrected chi connectivity index (χ0v) is 9.60. The maximum absolute atomic E-state index is 11.0. The van der Waals surface area contributed by atoms with Crippen molar-refractivity contribution in [2.24, 2.45) is 0 Å². The molecule has 0 fully saturated rings. The summed E-state index contributed by atoms with van der Waals surface area (Å²) in [5.74, 6) is 0.245. The number of ether oxygens (including phenoxy) is 2. The number of benzene rings is 1. The molecule has 0 aromatic heterocycles. The lowest BCUT2D eigenvalue weighted by molar-refractivity contribution is -0.129. The average Bonchev–Trinajstić information content (AvgIpc) is 2.27. The third-order valence-corrected chi connectivity index (χ3v) is 2.23. The van der Waals surface area contributed by atoms with Crippen LogP contribution in [0.4, 0.5) is 0 Å². The molecule has 1 aromatic rings. The molecule has 0 aliphatic rings. The number of hydrogen-bond acceptors (Lipinski definition) is 5. The van der Waals surface area contributed by atoms with Gasteiger partial charge in [0.2, 0.25) is 4.69 Å². The van der Waals surface area contributed by atoms with Crippen LogP contribution < -0.4 is 4.74 Å². The lowest BCUT2D eigenvalue weighted by Gasteiger charge is -2.07. The summed E-state index contributed by atoms with van der Waals surface area (Å²) in [6, 6.07) is 4.41. The van der Waals surface area contributed by atoms with E-state index in [4.69, 9.17) is 0 Å². The summed E-state index contributed by atoms with van der Waals surface area (Å²) >= 11 is 2.79. The van der Waals surface area contributed by atoms with Gasteiger partial charge < -0.3 is 9.47 Å². The zero-order chi connectivity index (χ0) is 12.0. The van der Waals surface area contributed by atoms with Crippen LogP contribution in [-0.2, 0) is 20.9 Å². The van der Waals surface area contributed by atoms with Crippen LogP contribution in [0.3, 0.4) is 0 Å². The smallest absolute Gasteiger partial charge is 0.298 e. The molecule has 0 saturated carbocycles. The van der Waals surface area contributed by atoms with Crippen LogP contribution in [-0.4, -0.2) is 17.6 Å². The molecule has 0 unspecified atom stereocenters. The number of hydrogen-bond donors (Lipinski definition) is 0. The Hall–Kier alpha value is -1.69. The summed E-state index contributed by atoms with van der Waals surface area (Å²) in [6.45, 7) is 0.462. The Kier molecular flexibility index (Phi) is 4.65. The molecule has 0 amide bonds. The quantitative estimate of drug-likeness (QED) is 0.584. The zero-order valence-electron chi connectivity index (χ0n) is 8.01. The highest BCUT2D eigenvalue weighted by Gasteiger charge is 2.09. The molecule has 0 saturated heterocycles. The van der Waals surface area contributed by atoms with Crippen LogP contribution in [0.2, 0.25) is 0 Å². The first-order chi connectivity index (χ1) is 7.69. The second-order valence-corrected chi connectivity index (χ2v) is 3.44. The molecule has 0 aliphatic heterocycles. The minimum Gasteiger partial charge on any atom is -0.463 e. The summed E-state index contributed by atoms with van der Waals surface area (Å²) in [5.41, 5.74) is 0.812. The number of carbonyl (C=O) groups is 3. The van der Waals surface area contributed by atoms with Gasteiger partial charge in [-0.25, -0.2) is 0 Å². The molecular formula is C10H7BrO5. The maximum atomic E-state index is 11.0. The second-order valence-electron chi connectivity index (χ2n) is 2.72. The first-order valence-corrected chi connectivity index (χ1v) is 4.96. The summed E-state index contributed by atoms with van der Waals surface area (Å²) in [5, 5.41) is 0. The SMILES string of the molecule is O=COCc1cc(C(=O)Br)ccc1OC=O. The molecule has 6 heteroatoms. The van der Waals surface area contributed by atoms with E-state index in [0.29, 0.717) is 11.1 Å². The minimum atomic E-state index is -0.308. The third-order valence-electron chi connectivity index (χ3n) is 1.77. The van der Waals surface area contributed by atoms with Crippen LogP contribution in [0.1, 0.15) is 15.9 Å². The van der Waals surface area contributed by atoms with Gasteiger partial charge in [0.25, 0.3) is 12.9 Å². The molecule has 0 aliphatic carbocycles. The van der Waals surface area contributed by atoms with Crippen molar-refractivity contribution in [2.75, 3.05) is 0 Å². The van der Waals surface area contributed by atoms with Gasteiger partial charge in [-0.1, -0.05) is 0 Å². The van der Waals surface area contributed by atoms with E-state index in [0.717, 1.165) is 0 Å². The maximum Gasteiger partial charge on any atom is 0.298 e. The van der Waals surface area contributed by atoms with Crippen LogP contribution in [0, 0.1) is 0 Å². The Morgan fingerprint density at radius 2 is 2.06 bits per heavy atom. The van der Waals surface area contributed by atoms with E-state index in [-0.39, 0.29) is 30.0 Å². The molecule has 1 rings (SSSR count). The highest BCUT2D eigenvalue weighted by atomic mass is 79.9. The van der Waals surface area contributed by atoms with Crippen molar-refractivity contribution in [1.82, 2.24) is 0 Å². The molecule has 5 nitrogen and oxygen atoms in total. The molecular weight excluding hydrogens is 280 g/mol. The van der Waals surface area contributed by atoms with Gasteiger partial charge in [-0.15, -0.1) is 0 Å². The third kappa shape index (κ3) is 3.16. The molecule has 0 spiro atoms. The number of carbonyl (C=O) groups excluding carboxylic acids is 3. The van der Waals surface area contributed by atoms with E-state index < -0.39 is 0 Å². The van der Waals surface area contributed by atoms with Gasteiger partial charge in [-0.2, -0.15) is 0 Å². The average molecular weight is 287 g/mol. The van der Waals surface area contributed by atoms with Crippen molar-refractivity contribution < 1.29 is 23.9 Å². The fourth-order valence-electron chi connectivity index (χ4n) is 1.11. The molecule has 0 heterocycles. The van der Waals surface area contributed by atoms with E-state index in [9.17, 15) is 14.4 Å². The van der Waals surface area contributed by atoms with E-state index in [2.05, 4.69) is 25.4 Å². The van der Waals surface area contributed by atoms with Crippen molar-refractivity contribution in [3.63, 3.8) is 0 Å². The van der Waals surface area contributed by atoms with Crippen LogP contribution >= 0.6 is 15.9 Å². The molecule has 0 bridgehead atoms. The molecule has 0 atom stereocenters. The molecule has 84 valence electrons. The van der Waals surface area contributed by atoms with Gasteiger partial charge in [0.15, 0.2) is 0 Å². The lowest BCUT2D eigenvalue weighted by Crippen LogP contribution is -2.00. The lowest BCUT2D eigenvalue weighted by atomic mass is 10.1. The van der Waals surface area contributed by atoms with Crippen molar-refractivity contribution in [2.45, 2.75) is 6.61 Å². The van der Waals surface area contributed by atoms with Crippen LogP contribution in [0.25, 0.3) is 0 Å². The van der Waals surface area contributed by atoms with E-state index in [1.165, 1.54) is 18.2 Å². The van der Waals surface area contributed by atoms with Crippen molar-refractivity contribution in [1.29, 1.82) is 0 Å². The largest absolute Gasteiger partial charge is 0.463 e. The van der Waals surface area contributed by atoms with Gasteiger partial charge >= 0.3 is 0 Å². The van der Waals surface area contributed by atoms with Crippen molar-refractivity contribution >= 4 is 33.6 Å². The van der Waals surface area contributed by atoms with Crippen molar-refractivity contribution in [3.8, 4) is 5.75 Å². The molecule has 0 N–H and O–H groups in total. The van der Waals surface area contributed by atoms with Crippen molar-refractivity contribution in [3.05, 3.63) is 29.3 Å². The van der Waals surface area contributed by atoms with Gasteiger partial charge in [0.05, 0.1) is 0 Å². The minimum absolute atomic E-state index is 0.0687. The number of rotatable bonds is 6. The van der Waals surface area contributed by atoms with Gasteiger partial charge in [-0.3, -0.25) is 14.4 Å². The van der Waals surface area contributed by atoms with Gasteiger partial charge in [0, 0.05) is 11.1 Å². The summed E-state index contributed by atoms with van der Waals surface area (Å²) in [7, 11) is 0. The van der Waals surface area contributed by atoms with E-state index >= 15 is 0 Å². The summed E-state index contributed by atoms with van der Waals surface area (Å²) < 4.78 is 8.90. The Morgan fingerprint density at radius 1 is 1.31 bits per heavy atom. The number of halogens is 1. The summed E-state index contributed by atoms with van der Waals surface area (Å²) in [4.78, 5) is 31.3. The Balaban J connectivity index is 3.04. The predicted molar refractivity (Wildman–Crippen MR) is 57.2 cm³/mol.